The van der Waals surface area contributed by atoms with Gasteiger partial charge in [0, 0.05) is 38.3 Å². The van der Waals surface area contributed by atoms with Crippen LogP contribution in [-0.2, 0) is 16.1 Å². The van der Waals surface area contributed by atoms with E-state index in [0.717, 1.165) is 18.4 Å². The molecule has 0 N–H and O–H groups in total. The van der Waals surface area contributed by atoms with Gasteiger partial charge in [-0.25, -0.2) is 4.39 Å². The van der Waals surface area contributed by atoms with E-state index in [1.165, 1.54) is 6.07 Å². The third-order valence-electron chi connectivity index (χ3n) is 5.45. The number of amides is 2. The number of nitrogens with zero attached hydrogens (tertiary/aromatic N) is 3. The molecular weight excluding hydrogens is 309 g/mol. The molecule has 5 nitrogen and oxygen atoms in total. The molecule has 1 aromatic carbocycles. The summed E-state index contributed by atoms with van der Waals surface area (Å²) in [6.07, 6.45) is 1.69. The molecule has 2 amide bonds. The molecule has 3 heterocycles. The number of hydrogen-bond donors (Lipinski definition) is 0. The van der Waals surface area contributed by atoms with Gasteiger partial charge in [-0.1, -0.05) is 17.7 Å². The minimum atomic E-state index is -0.409. The Hall–Kier alpha value is -1.95. The molecule has 3 fully saturated rings. The number of hydrogen-bond acceptors (Lipinski definition) is 3. The summed E-state index contributed by atoms with van der Waals surface area (Å²) in [5.74, 6) is -0.0568. The third-order valence-corrected chi connectivity index (χ3v) is 5.45. The van der Waals surface area contributed by atoms with Gasteiger partial charge in [-0.15, -0.1) is 0 Å². The minimum Gasteiger partial charge on any atom is -0.329 e. The van der Waals surface area contributed by atoms with Gasteiger partial charge in [-0.3, -0.25) is 14.5 Å². The molecule has 128 valence electrons. The number of carbonyl (C=O) groups excluding carboxylic acids is 2. The van der Waals surface area contributed by atoms with E-state index in [0.29, 0.717) is 38.3 Å². The van der Waals surface area contributed by atoms with Gasteiger partial charge in [0.25, 0.3) is 0 Å². The molecule has 1 aromatic rings. The Bertz CT molecular complexity index is 693. The van der Waals surface area contributed by atoms with E-state index < -0.39 is 6.04 Å². The Morgan fingerprint density at radius 1 is 1.08 bits per heavy atom. The lowest BCUT2D eigenvalue weighted by Gasteiger charge is -2.47. The van der Waals surface area contributed by atoms with Crippen molar-refractivity contribution in [2.45, 2.75) is 38.4 Å². The summed E-state index contributed by atoms with van der Waals surface area (Å²) in [5.41, 5.74) is 1.67. The van der Waals surface area contributed by atoms with E-state index in [4.69, 9.17) is 0 Å². The van der Waals surface area contributed by atoms with Gasteiger partial charge in [0.05, 0.1) is 0 Å². The lowest BCUT2D eigenvalue weighted by molar-refractivity contribution is -0.163. The van der Waals surface area contributed by atoms with E-state index in [1.807, 2.05) is 13.0 Å². The van der Waals surface area contributed by atoms with Crippen LogP contribution < -0.4 is 0 Å². The predicted octanol–water partition coefficient (Wildman–Crippen LogP) is 1.15. The van der Waals surface area contributed by atoms with Crippen LogP contribution in [0.25, 0.3) is 0 Å². The number of piperazine rings is 2. The van der Waals surface area contributed by atoms with Crippen LogP contribution in [0.4, 0.5) is 4.39 Å². The van der Waals surface area contributed by atoms with Crippen molar-refractivity contribution in [2.24, 2.45) is 0 Å². The zero-order chi connectivity index (χ0) is 16.8. The van der Waals surface area contributed by atoms with Crippen LogP contribution in [0.2, 0.25) is 0 Å². The van der Waals surface area contributed by atoms with Gasteiger partial charge in [0.15, 0.2) is 0 Å². The third kappa shape index (κ3) is 2.49. The molecule has 0 aliphatic carbocycles. The Kier molecular flexibility index (Phi) is 3.79. The monoisotopic (exact) mass is 331 g/mol. The van der Waals surface area contributed by atoms with Crippen molar-refractivity contribution in [3.8, 4) is 0 Å². The largest absolute Gasteiger partial charge is 0.329 e. The van der Waals surface area contributed by atoms with Crippen molar-refractivity contribution in [2.75, 3.05) is 26.2 Å². The van der Waals surface area contributed by atoms with Crippen molar-refractivity contribution in [1.82, 2.24) is 14.7 Å². The van der Waals surface area contributed by atoms with Crippen molar-refractivity contribution >= 4 is 11.8 Å². The highest BCUT2D eigenvalue weighted by molar-refractivity contribution is 5.97. The van der Waals surface area contributed by atoms with Crippen LogP contribution in [0.15, 0.2) is 18.2 Å². The number of benzene rings is 1. The maximum atomic E-state index is 14.0. The molecule has 24 heavy (non-hydrogen) atoms. The highest BCUT2D eigenvalue weighted by Gasteiger charge is 2.49. The maximum absolute atomic E-state index is 14.0. The molecule has 3 aliphatic heterocycles. The second-order valence-corrected chi connectivity index (χ2v) is 7.07. The summed E-state index contributed by atoms with van der Waals surface area (Å²) in [5, 5.41) is 0. The highest BCUT2D eigenvalue weighted by atomic mass is 19.1. The molecular formula is C18H22FN3O2. The molecule has 0 saturated carbocycles. The Morgan fingerprint density at radius 2 is 1.83 bits per heavy atom. The summed E-state index contributed by atoms with van der Waals surface area (Å²) in [6.45, 7) is 4.82. The van der Waals surface area contributed by atoms with Crippen LogP contribution in [0.1, 0.15) is 24.0 Å². The average molecular weight is 331 g/mol. The zero-order valence-corrected chi connectivity index (χ0v) is 13.9. The van der Waals surface area contributed by atoms with Crippen LogP contribution >= 0.6 is 0 Å². The van der Waals surface area contributed by atoms with Gasteiger partial charge in [0.2, 0.25) is 11.8 Å². The molecule has 0 aromatic heterocycles. The SMILES string of the molecule is Cc1ccc(F)c(CN2CCN3C(=O)[C@H]4CCCN4C(=O)[C@H]3C2)c1. The summed E-state index contributed by atoms with van der Waals surface area (Å²) in [7, 11) is 0. The first-order chi connectivity index (χ1) is 11.5. The molecule has 0 radical (unpaired) electrons. The van der Waals surface area contributed by atoms with Crippen molar-refractivity contribution in [3.05, 3.63) is 35.1 Å². The second-order valence-electron chi connectivity index (χ2n) is 7.07. The van der Waals surface area contributed by atoms with Gasteiger partial charge in [-0.05, 0) is 25.8 Å². The van der Waals surface area contributed by atoms with E-state index in [9.17, 15) is 14.0 Å². The van der Waals surface area contributed by atoms with E-state index >= 15 is 0 Å². The molecule has 0 unspecified atom stereocenters. The molecule has 0 bridgehead atoms. The topological polar surface area (TPSA) is 43.9 Å². The minimum absolute atomic E-state index is 0.0616. The maximum Gasteiger partial charge on any atom is 0.247 e. The average Bonchev–Trinajstić information content (AvgIpc) is 3.06. The normalized spacial score (nSPS) is 27.4. The predicted molar refractivity (Wildman–Crippen MR) is 86.7 cm³/mol. The Morgan fingerprint density at radius 3 is 2.67 bits per heavy atom. The van der Waals surface area contributed by atoms with Gasteiger partial charge in [0.1, 0.15) is 17.9 Å². The van der Waals surface area contributed by atoms with E-state index in [2.05, 4.69) is 4.90 Å². The summed E-state index contributed by atoms with van der Waals surface area (Å²) in [4.78, 5) is 30.9. The zero-order valence-electron chi connectivity index (χ0n) is 13.9. The molecule has 2 atom stereocenters. The summed E-state index contributed by atoms with van der Waals surface area (Å²) >= 11 is 0. The lowest BCUT2D eigenvalue weighted by atomic mass is 10.0. The smallest absolute Gasteiger partial charge is 0.247 e. The Labute approximate surface area is 141 Å². The van der Waals surface area contributed by atoms with Crippen LogP contribution in [0, 0.1) is 12.7 Å². The first kappa shape index (κ1) is 15.6. The summed E-state index contributed by atoms with van der Waals surface area (Å²) < 4.78 is 14.0. The summed E-state index contributed by atoms with van der Waals surface area (Å²) in [6, 6.07) is 4.45. The number of fused-ring (bicyclic) bond motifs is 2. The fourth-order valence-corrected chi connectivity index (χ4v) is 4.19. The number of halogens is 1. The number of rotatable bonds is 2. The highest BCUT2D eigenvalue weighted by Crippen LogP contribution is 2.29. The molecule has 3 saturated heterocycles. The molecule has 4 rings (SSSR count). The van der Waals surface area contributed by atoms with Gasteiger partial charge >= 0.3 is 0 Å². The van der Waals surface area contributed by atoms with Crippen molar-refractivity contribution in [3.63, 3.8) is 0 Å². The fraction of sp³-hybridized carbons (Fsp3) is 0.556. The first-order valence-corrected chi connectivity index (χ1v) is 8.63. The molecule has 3 aliphatic rings. The van der Waals surface area contributed by atoms with Crippen LogP contribution in [0.3, 0.4) is 0 Å². The second kappa shape index (κ2) is 5.84. The van der Waals surface area contributed by atoms with Crippen LogP contribution in [0.5, 0.6) is 0 Å². The lowest BCUT2D eigenvalue weighted by Crippen LogP contribution is -2.68. The van der Waals surface area contributed by atoms with Crippen molar-refractivity contribution < 1.29 is 14.0 Å². The fourth-order valence-electron chi connectivity index (χ4n) is 4.19. The molecule has 0 spiro atoms. The Balaban J connectivity index is 1.51. The van der Waals surface area contributed by atoms with E-state index in [-0.39, 0.29) is 23.7 Å². The molecule has 6 heteroatoms. The quantitative estimate of drug-likeness (QED) is 0.817. The number of carbonyl (C=O) groups is 2. The van der Waals surface area contributed by atoms with Gasteiger partial charge < -0.3 is 9.80 Å². The van der Waals surface area contributed by atoms with Crippen LogP contribution in [-0.4, -0.2) is 64.8 Å². The van der Waals surface area contributed by atoms with Crippen molar-refractivity contribution in [1.29, 1.82) is 0 Å². The first-order valence-electron chi connectivity index (χ1n) is 8.63. The van der Waals surface area contributed by atoms with Gasteiger partial charge in [-0.2, -0.15) is 0 Å². The van der Waals surface area contributed by atoms with E-state index in [1.54, 1.807) is 15.9 Å². The standard InChI is InChI=1S/C18H22FN3O2/c1-12-4-5-14(19)13(9-12)10-20-7-8-22-16(11-20)18(24)21-6-2-3-15(21)17(22)23/h4-5,9,15-16H,2-3,6-8,10-11H2,1H3/t15-,16-/m1/s1. The number of aryl methyl sites for hydroxylation is 1.